The monoisotopic (exact) mass is 1580 g/mol. The highest BCUT2D eigenvalue weighted by Gasteiger charge is 2.45. The topological polar surface area (TPSA) is 158 Å². The fourth-order valence-corrected chi connectivity index (χ4v) is 17.7. The summed E-state index contributed by atoms with van der Waals surface area (Å²) in [7, 11) is 0. The minimum Gasteiger partial charge on any atom is -0.351 e. The Morgan fingerprint density at radius 3 is 0.938 bits per heavy atom. The number of benzene rings is 6. The van der Waals surface area contributed by atoms with Crippen molar-refractivity contribution in [2.24, 2.45) is 40.2 Å². The van der Waals surface area contributed by atoms with E-state index in [9.17, 15) is 55.1 Å². The number of nitrogens with zero attached hydrogens (tertiary/aromatic N) is 9. The Kier molecular flexibility index (Phi) is 29.6. The fraction of sp³-hybridized carbons (Fsp3) is 0.533. The molecule has 6 aliphatic rings. The number of rotatable bonds is 16. The van der Waals surface area contributed by atoms with E-state index >= 15 is 0 Å². The van der Waals surface area contributed by atoms with Gasteiger partial charge in [-0.25, -0.2) is 4.79 Å². The quantitative estimate of drug-likeness (QED) is 0.0931. The van der Waals surface area contributed by atoms with Crippen molar-refractivity contribution in [3.63, 3.8) is 0 Å². The van der Waals surface area contributed by atoms with E-state index in [0.29, 0.717) is 110 Å². The molecule has 6 saturated heterocycles. The van der Waals surface area contributed by atoms with Crippen LogP contribution in [0, 0.1) is 34.5 Å². The Morgan fingerprint density at radius 2 is 0.655 bits per heavy atom. The average Bonchev–Trinajstić information content (AvgIpc) is 0.789. The summed E-state index contributed by atoms with van der Waals surface area (Å²) in [6, 6.07) is 48.8. The van der Waals surface area contributed by atoms with E-state index in [4.69, 9.17) is 17.3 Å². The van der Waals surface area contributed by atoms with Crippen LogP contribution in [-0.2, 0) is 36.3 Å². The van der Waals surface area contributed by atoms with E-state index < -0.39 is 23.5 Å². The van der Waals surface area contributed by atoms with Crippen molar-refractivity contribution in [1.82, 2.24) is 44.1 Å². The summed E-state index contributed by atoms with van der Waals surface area (Å²) in [6.45, 7) is 30.5. The molecule has 6 fully saturated rings. The number of primary amides is 1. The molecule has 12 rings (SSSR count). The summed E-state index contributed by atoms with van der Waals surface area (Å²) in [6.07, 6.45) is -2.19. The highest BCUT2D eigenvalue weighted by atomic mass is 35.5. The smallest absolute Gasteiger partial charge is 0.351 e. The summed E-state index contributed by atoms with van der Waals surface area (Å²) in [5.41, 5.74) is 9.82. The first kappa shape index (κ1) is 87.1. The molecule has 7 amide bonds. The number of piperidine rings is 3. The van der Waals surface area contributed by atoms with E-state index in [2.05, 4.69) is 111 Å². The van der Waals surface area contributed by atoms with Crippen LogP contribution in [0.2, 0.25) is 5.02 Å². The first-order valence-corrected chi connectivity index (χ1v) is 40.8. The molecule has 0 aromatic heterocycles. The fourth-order valence-electron chi connectivity index (χ4n) is 17.6. The lowest BCUT2D eigenvalue weighted by Gasteiger charge is -2.50. The number of likely N-dealkylation sites (tertiary alicyclic amines) is 3. The Balaban J connectivity index is 0.000000180. The first-order chi connectivity index (χ1) is 53.5. The molecular formula is C90H117ClF6N10O6. The third-order valence-corrected chi connectivity index (χ3v) is 24.4. The molecule has 6 atom stereocenters. The second kappa shape index (κ2) is 38.4. The van der Waals surface area contributed by atoms with E-state index in [1.165, 1.54) is 11.1 Å². The molecule has 113 heavy (non-hydrogen) atoms. The van der Waals surface area contributed by atoms with Gasteiger partial charge in [0.25, 0.3) is 0 Å². The average molecular weight is 1580 g/mol. The molecule has 16 nitrogen and oxygen atoms in total. The molecule has 6 heterocycles. The van der Waals surface area contributed by atoms with Gasteiger partial charge in [0.15, 0.2) is 0 Å². The normalized spacial score (nSPS) is 20.7. The maximum absolute atomic E-state index is 13.6. The van der Waals surface area contributed by atoms with Crippen LogP contribution in [0.15, 0.2) is 164 Å². The Labute approximate surface area is 670 Å². The number of amides is 7. The molecule has 6 aromatic carbocycles. The zero-order valence-corrected chi connectivity index (χ0v) is 68.3. The molecule has 0 radical (unpaired) electrons. The van der Waals surface area contributed by atoms with Crippen LogP contribution in [0.5, 0.6) is 0 Å². The number of piperazine rings is 3. The van der Waals surface area contributed by atoms with Crippen molar-refractivity contribution >= 4 is 47.2 Å². The van der Waals surface area contributed by atoms with Gasteiger partial charge in [-0.2, -0.15) is 26.3 Å². The maximum atomic E-state index is 13.6. The van der Waals surface area contributed by atoms with Gasteiger partial charge >= 0.3 is 18.4 Å². The molecule has 0 aliphatic carbocycles. The minimum absolute atomic E-state index is 0.0447. The Bertz CT molecular complexity index is 3890. The highest BCUT2D eigenvalue weighted by molar-refractivity contribution is 6.30. The summed E-state index contributed by atoms with van der Waals surface area (Å²) < 4.78 is 79.5. The predicted octanol–water partition coefficient (Wildman–Crippen LogP) is 16.8. The lowest BCUT2D eigenvalue weighted by atomic mass is 9.82. The van der Waals surface area contributed by atoms with Gasteiger partial charge in [0.05, 0.1) is 29.3 Å². The van der Waals surface area contributed by atoms with Gasteiger partial charge < -0.3 is 35.1 Å². The molecule has 2 N–H and O–H groups in total. The maximum Gasteiger partial charge on any atom is 0.416 e. The predicted molar refractivity (Wildman–Crippen MR) is 432 cm³/mol. The van der Waals surface area contributed by atoms with Gasteiger partial charge in [-0.3, -0.25) is 38.7 Å². The number of nitrogens with two attached hydrogens (primary N) is 1. The van der Waals surface area contributed by atoms with E-state index in [1.807, 2.05) is 98.5 Å². The number of urea groups is 1. The minimum atomic E-state index is -4.38. The van der Waals surface area contributed by atoms with E-state index in [1.54, 1.807) is 43.0 Å². The second-order valence-corrected chi connectivity index (χ2v) is 34.8. The van der Waals surface area contributed by atoms with Gasteiger partial charge in [-0.15, -0.1) is 0 Å². The summed E-state index contributed by atoms with van der Waals surface area (Å²) in [4.78, 5) is 94.1. The summed E-state index contributed by atoms with van der Waals surface area (Å²) in [5.74, 6) is 1.93. The molecule has 6 aliphatic heterocycles. The molecule has 0 saturated carbocycles. The van der Waals surface area contributed by atoms with E-state index in [-0.39, 0.29) is 94.5 Å². The van der Waals surface area contributed by atoms with Crippen LogP contribution in [0.25, 0.3) is 0 Å². The molecular weight excluding hydrogens is 1470 g/mol. The molecule has 612 valence electrons. The molecule has 3 unspecified atom stereocenters. The standard InChI is InChI=1S/2C31H40F3N3O2.C28H37ClN4O2/c2*1-22(38)35-16-14-23(15-17-35)20-28(39)37-19-18-36(21-27(37)30(2,3)4)29(24-8-6-5-7-9-24)25-10-12-26(13-11-25)31(32,33)34;1-20(2)25-19-32(27(22-6-4-3-5-7-22)23-8-10-24(29)11-9-23)16-17-33(25)26(34)18-21-12-14-31(15-13-21)28(30)35/h2*5-13,23,27,29H,14-21H2,1-4H3;3-11,20-21,25,27H,12-19H2,1-2H3,(H2,30,35)/t2*27-,29?;25-,27?/m111/s1. The van der Waals surface area contributed by atoms with Crippen molar-refractivity contribution in [2.75, 3.05) is 98.2 Å². The van der Waals surface area contributed by atoms with Gasteiger partial charge in [0.1, 0.15) is 0 Å². The summed E-state index contributed by atoms with van der Waals surface area (Å²) in [5, 5.41) is 0.734. The summed E-state index contributed by atoms with van der Waals surface area (Å²) >= 11 is 6.19. The van der Waals surface area contributed by atoms with Crippen LogP contribution >= 0.6 is 11.6 Å². The molecule has 23 heteroatoms. The van der Waals surface area contributed by atoms with Crippen LogP contribution in [-0.4, -0.2) is 196 Å². The van der Waals surface area contributed by atoms with Crippen LogP contribution in [0.1, 0.15) is 190 Å². The highest BCUT2D eigenvalue weighted by Crippen LogP contribution is 2.42. The number of hydrogen-bond donors (Lipinski definition) is 1. The zero-order chi connectivity index (χ0) is 81.7. The van der Waals surface area contributed by atoms with Gasteiger partial charge in [-0.05, 0) is 143 Å². The number of carbonyl (C=O) groups is 6. The van der Waals surface area contributed by atoms with Gasteiger partial charge in [-0.1, -0.05) is 194 Å². The SMILES string of the molecule is CC(=O)N1CCC(CC(=O)N2CCN(C(c3ccccc3)c3ccc(C(F)(F)F)cc3)C[C@@H]2C(C)(C)C)CC1.CC(=O)N1CCC(CC(=O)N2CCN(C(c3ccccc3)c3ccc(C(F)(F)F)cc3)C[C@@H]2C(C)(C)C)CC1.CC(C)[C@H]1CN(C(c2ccccc2)c2ccc(Cl)cc2)CCN1C(=O)CC1CCN(C(N)=O)CC1. The largest absolute Gasteiger partial charge is 0.416 e. The van der Waals surface area contributed by atoms with Gasteiger partial charge in [0, 0.05) is 154 Å². The molecule has 0 bridgehead atoms. The van der Waals surface area contributed by atoms with Crippen LogP contribution in [0.4, 0.5) is 31.1 Å². The van der Waals surface area contributed by atoms with Crippen molar-refractivity contribution in [1.29, 1.82) is 0 Å². The molecule has 0 spiro atoms. The zero-order valence-electron chi connectivity index (χ0n) is 67.5. The number of carbonyl (C=O) groups excluding carboxylic acids is 6. The van der Waals surface area contributed by atoms with Crippen LogP contribution < -0.4 is 5.73 Å². The van der Waals surface area contributed by atoms with Gasteiger partial charge in [0.2, 0.25) is 29.5 Å². The van der Waals surface area contributed by atoms with E-state index in [0.717, 1.165) is 110 Å². The van der Waals surface area contributed by atoms with Crippen molar-refractivity contribution in [3.05, 3.63) is 213 Å². The number of hydrogen-bond acceptors (Lipinski definition) is 9. The Morgan fingerprint density at radius 1 is 0.381 bits per heavy atom. The van der Waals surface area contributed by atoms with Crippen molar-refractivity contribution < 1.29 is 55.1 Å². The van der Waals surface area contributed by atoms with Crippen molar-refractivity contribution in [3.8, 4) is 0 Å². The van der Waals surface area contributed by atoms with Crippen LogP contribution in [0.3, 0.4) is 0 Å². The third-order valence-electron chi connectivity index (χ3n) is 24.2. The second-order valence-electron chi connectivity index (χ2n) is 34.3. The number of alkyl halides is 6. The first-order valence-electron chi connectivity index (χ1n) is 40.4. The third kappa shape index (κ3) is 23.3. The lowest BCUT2D eigenvalue weighted by Crippen LogP contribution is -2.60. The molecule has 6 aromatic rings. The Hall–Kier alpha value is -8.31. The number of halogens is 7. The van der Waals surface area contributed by atoms with Crippen molar-refractivity contribution in [2.45, 2.75) is 176 Å². The lowest BCUT2D eigenvalue weighted by molar-refractivity contribution is -0.142.